The molecule has 6 nitrogen and oxygen atoms in total. The molecule has 0 atom stereocenters. The molecule has 0 fully saturated rings. The van der Waals surface area contributed by atoms with Gasteiger partial charge < -0.3 is 9.67 Å². The number of hydrogen-bond acceptors (Lipinski definition) is 3. The van der Waals surface area contributed by atoms with Crippen molar-refractivity contribution in [3.63, 3.8) is 0 Å². The largest absolute Gasteiger partial charge is 0.507 e. The molecule has 1 heterocycles. The van der Waals surface area contributed by atoms with E-state index in [9.17, 15) is 14.7 Å². The van der Waals surface area contributed by atoms with E-state index in [1.54, 1.807) is 23.9 Å². The number of halogens is 2. The summed E-state index contributed by atoms with van der Waals surface area (Å²) in [5.74, 6) is -1.39. The molecule has 2 amide bonds. The zero-order valence-corrected chi connectivity index (χ0v) is 13.2. The molecule has 0 unspecified atom stereocenters. The van der Waals surface area contributed by atoms with E-state index >= 15 is 0 Å². The number of benzene rings is 1. The number of aryl methyl sites for hydroxylation is 1. The van der Waals surface area contributed by atoms with Gasteiger partial charge in [-0.2, -0.15) is 0 Å². The fourth-order valence-electron chi connectivity index (χ4n) is 1.68. The highest BCUT2D eigenvalue weighted by Gasteiger charge is 2.15. The summed E-state index contributed by atoms with van der Waals surface area (Å²) >= 11 is 9.01. The first-order valence-electron chi connectivity index (χ1n) is 5.79. The third kappa shape index (κ3) is 3.56. The van der Waals surface area contributed by atoms with Crippen LogP contribution in [0.5, 0.6) is 5.75 Å². The van der Waals surface area contributed by atoms with Gasteiger partial charge in [0.2, 0.25) is 0 Å². The molecule has 1 aromatic heterocycles. The highest BCUT2D eigenvalue weighted by atomic mass is 79.9. The molecule has 0 aliphatic heterocycles. The maximum absolute atomic E-state index is 11.9. The number of hydrazine groups is 1. The summed E-state index contributed by atoms with van der Waals surface area (Å²) in [5.41, 5.74) is 4.81. The number of aromatic hydroxyl groups is 1. The van der Waals surface area contributed by atoms with Crippen molar-refractivity contribution in [1.82, 2.24) is 15.4 Å². The summed E-state index contributed by atoms with van der Waals surface area (Å²) in [6, 6.07) is 5.66. The van der Waals surface area contributed by atoms with Gasteiger partial charge in [-0.3, -0.25) is 20.4 Å². The second-order valence-corrected chi connectivity index (χ2v) is 5.58. The predicted molar refractivity (Wildman–Crippen MR) is 81.2 cm³/mol. The van der Waals surface area contributed by atoms with Crippen LogP contribution in [0.4, 0.5) is 0 Å². The lowest BCUT2D eigenvalue weighted by Gasteiger charge is -2.09. The molecule has 2 rings (SSSR count). The van der Waals surface area contributed by atoms with Crippen molar-refractivity contribution in [1.29, 1.82) is 0 Å². The minimum absolute atomic E-state index is 0.0316. The number of carbonyl (C=O) groups excluding carboxylic acids is 2. The Morgan fingerprint density at radius 1 is 1.24 bits per heavy atom. The lowest BCUT2D eigenvalue weighted by molar-refractivity contribution is 0.0840. The fourth-order valence-corrected chi connectivity index (χ4v) is 2.38. The first kappa shape index (κ1) is 15.4. The zero-order valence-electron chi connectivity index (χ0n) is 10.9. The molecule has 2 aromatic rings. The summed E-state index contributed by atoms with van der Waals surface area (Å²) in [5, 5.41) is 9.89. The number of nitrogens with one attached hydrogen (secondary N) is 2. The van der Waals surface area contributed by atoms with Crippen molar-refractivity contribution >= 4 is 39.3 Å². The molecule has 3 N–H and O–H groups in total. The van der Waals surface area contributed by atoms with Gasteiger partial charge >= 0.3 is 0 Å². The Kier molecular flexibility index (Phi) is 4.54. The summed E-state index contributed by atoms with van der Waals surface area (Å²) in [6.45, 7) is 0. The Labute approximate surface area is 133 Å². The van der Waals surface area contributed by atoms with Crippen LogP contribution in [0.15, 0.2) is 34.9 Å². The van der Waals surface area contributed by atoms with Crippen LogP contribution >= 0.6 is 27.5 Å². The van der Waals surface area contributed by atoms with E-state index in [0.29, 0.717) is 10.7 Å². The van der Waals surface area contributed by atoms with E-state index in [-0.39, 0.29) is 11.3 Å². The van der Waals surface area contributed by atoms with Gasteiger partial charge in [0.25, 0.3) is 11.8 Å². The van der Waals surface area contributed by atoms with Gasteiger partial charge in [-0.15, -0.1) is 0 Å². The standard InChI is InChI=1S/C13H11BrClN3O3/c1-18-6-7(14)4-10(18)13(21)17-16-12(20)9-5-8(15)2-3-11(9)19/h2-6,19H,1H3,(H,16,20)(H,17,21). The smallest absolute Gasteiger partial charge is 0.286 e. The molecular formula is C13H11BrClN3O3. The molecule has 0 radical (unpaired) electrons. The topological polar surface area (TPSA) is 83.4 Å². The number of amides is 2. The van der Waals surface area contributed by atoms with Crippen molar-refractivity contribution in [3.8, 4) is 5.75 Å². The average Bonchev–Trinajstić information content (AvgIpc) is 2.77. The molecule has 0 saturated heterocycles. The Balaban J connectivity index is 2.06. The SMILES string of the molecule is Cn1cc(Br)cc1C(=O)NNC(=O)c1cc(Cl)ccc1O. The molecule has 110 valence electrons. The van der Waals surface area contributed by atoms with E-state index in [4.69, 9.17) is 11.6 Å². The van der Waals surface area contributed by atoms with Crippen LogP contribution in [0.2, 0.25) is 5.02 Å². The Morgan fingerprint density at radius 3 is 2.52 bits per heavy atom. The summed E-state index contributed by atoms with van der Waals surface area (Å²) in [6.07, 6.45) is 1.71. The first-order chi connectivity index (χ1) is 9.88. The molecule has 0 aliphatic carbocycles. The maximum atomic E-state index is 11.9. The third-order valence-electron chi connectivity index (χ3n) is 2.70. The Morgan fingerprint density at radius 2 is 1.90 bits per heavy atom. The minimum atomic E-state index is -0.670. The quantitative estimate of drug-likeness (QED) is 0.707. The van der Waals surface area contributed by atoms with E-state index in [0.717, 1.165) is 4.47 Å². The van der Waals surface area contributed by atoms with E-state index in [2.05, 4.69) is 26.8 Å². The Bertz CT molecular complexity index is 715. The molecule has 0 aliphatic rings. The number of rotatable bonds is 2. The van der Waals surface area contributed by atoms with Crippen LogP contribution in [0.3, 0.4) is 0 Å². The number of carbonyl (C=O) groups is 2. The Hall–Kier alpha value is -1.99. The van der Waals surface area contributed by atoms with Crippen LogP contribution in [-0.4, -0.2) is 21.5 Å². The highest BCUT2D eigenvalue weighted by molar-refractivity contribution is 9.10. The average molecular weight is 373 g/mol. The van der Waals surface area contributed by atoms with Crippen molar-refractivity contribution in [3.05, 3.63) is 51.2 Å². The molecular weight excluding hydrogens is 362 g/mol. The first-order valence-corrected chi connectivity index (χ1v) is 6.96. The lowest BCUT2D eigenvalue weighted by atomic mass is 10.2. The maximum Gasteiger partial charge on any atom is 0.286 e. The van der Waals surface area contributed by atoms with Crippen LogP contribution in [0.1, 0.15) is 20.8 Å². The second kappa shape index (κ2) is 6.19. The minimum Gasteiger partial charge on any atom is -0.507 e. The monoisotopic (exact) mass is 371 g/mol. The van der Waals surface area contributed by atoms with E-state index < -0.39 is 11.8 Å². The van der Waals surface area contributed by atoms with E-state index in [1.807, 2.05) is 0 Å². The molecule has 21 heavy (non-hydrogen) atoms. The van der Waals surface area contributed by atoms with E-state index in [1.165, 1.54) is 18.2 Å². The van der Waals surface area contributed by atoms with Crippen LogP contribution < -0.4 is 10.9 Å². The van der Waals surface area contributed by atoms with Gasteiger partial charge in [0.15, 0.2) is 0 Å². The van der Waals surface area contributed by atoms with Gasteiger partial charge in [-0.1, -0.05) is 11.6 Å². The number of nitrogens with zero attached hydrogens (tertiary/aromatic N) is 1. The summed E-state index contributed by atoms with van der Waals surface area (Å²) in [7, 11) is 1.70. The normalized spacial score (nSPS) is 10.2. The van der Waals surface area contributed by atoms with Gasteiger partial charge in [0.1, 0.15) is 11.4 Å². The molecule has 0 saturated carbocycles. The van der Waals surface area contributed by atoms with Gasteiger partial charge in [-0.05, 0) is 40.2 Å². The van der Waals surface area contributed by atoms with Crippen molar-refractivity contribution in [2.75, 3.05) is 0 Å². The lowest BCUT2D eigenvalue weighted by Crippen LogP contribution is -2.42. The summed E-state index contributed by atoms with van der Waals surface area (Å²) in [4.78, 5) is 23.8. The van der Waals surface area contributed by atoms with Crippen molar-refractivity contribution < 1.29 is 14.7 Å². The molecule has 0 spiro atoms. The number of phenolic OH excluding ortho intramolecular Hbond substituents is 1. The number of hydrogen-bond donors (Lipinski definition) is 3. The fraction of sp³-hybridized carbons (Fsp3) is 0.0769. The van der Waals surface area contributed by atoms with Crippen LogP contribution in [-0.2, 0) is 7.05 Å². The summed E-state index contributed by atoms with van der Waals surface area (Å²) < 4.78 is 2.34. The zero-order chi connectivity index (χ0) is 15.6. The predicted octanol–water partition coefficient (Wildman–Crippen LogP) is 2.22. The van der Waals surface area contributed by atoms with Crippen LogP contribution in [0, 0.1) is 0 Å². The molecule has 1 aromatic carbocycles. The highest BCUT2D eigenvalue weighted by Crippen LogP contribution is 2.21. The number of aromatic nitrogens is 1. The number of phenols is 1. The van der Waals surface area contributed by atoms with Crippen molar-refractivity contribution in [2.45, 2.75) is 0 Å². The second-order valence-electron chi connectivity index (χ2n) is 4.22. The van der Waals surface area contributed by atoms with Crippen molar-refractivity contribution in [2.24, 2.45) is 7.05 Å². The van der Waals surface area contributed by atoms with Gasteiger partial charge in [0.05, 0.1) is 5.56 Å². The molecule has 0 bridgehead atoms. The third-order valence-corrected chi connectivity index (χ3v) is 3.37. The van der Waals surface area contributed by atoms with Gasteiger partial charge in [0, 0.05) is 22.7 Å². The molecule has 8 heteroatoms. The van der Waals surface area contributed by atoms with Crippen LogP contribution in [0.25, 0.3) is 0 Å². The van der Waals surface area contributed by atoms with Gasteiger partial charge in [-0.25, -0.2) is 0 Å².